The van der Waals surface area contributed by atoms with Crippen LogP contribution < -0.4 is 4.90 Å². The topological polar surface area (TPSA) is 67.1 Å². The molecule has 1 atom stereocenters. The van der Waals surface area contributed by atoms with Gasteiger partial charge in [-0.05, 0) is 30.9 Å². The number of hydrogen-bond acceptors (Lipinski definition) is 6. The summed E-state index contributed by atoms with van der Waals surface area (Å²) in [5.74, 6) is -1.28. The lowest BCUT2D eigenvalue weighted by Gasteiger charge is -2.18. The molecule has 0 saturated carbocycles. The number of aromatic hydroxyl groups is 1. The molecule has 1 aromatic carbocycles. The van der Waals surface area contributed by atoms with Gasteiger partial charge in [0.15, 0.2) is 17.2 Å². The van der Waals surface area contributed by atoms with Crippen LogP contribution in [0.15, 0.2) is 30.6 Å². The average Bonchev–Trinajstić information content (AvgIpc) is 3.36. The van der Waals surface area contributed by atoms with Crippen molar-refractivity contribution in [1.82, 2.24) is 19.7 Å². The monoisotopic (exact) mass is 443 g/mol. The molecule has 4 heterocycles. The number of anilines is 1. The minimum absolute atomic E-state index is 0.113. The van der Waals surface area contributed by atoms with Gasteiger partial charge in [0.2, 0.25) is 0 Å². The van der Waals surface area contributed by atoms with Gasteiger partial charge in [-0.25, -0.2) is 14.4 Å². The Morgan fingerprint density at radius 1 is 1.30 bits per heavy atom. The molecule has 154 valence electrons. The predicted molar refractivity (Wildman–Crippen MR) is 120 cm³/mol. The summed E-state index contributed by atoms with van der Waals surface area (Å²) in [5.41, 5.74) is 2.19. The highest BCUT2D eigenvalue weighted by molar-refractivity contribution is 7.99. The van der Waals surface area contributed by atoms with Crippen LogP contribution in [0.2, 0.25) is 5.02 Å². The molecule has 0 aliphatic carbocycles. The van der Waals surface area contributed by atoms with Gasteiger partial charge < -0.3 is 10.0 Å². The Morgan fingerprint density at radius 3 is 2.90 bits per heavy atom. The molecular formula is C21H19ClFN5OS. The number of benzene rings is 1. The Bertz CT molecular complexity index is 1290. The van der Waals surface area contributed by atoms with Gasteiger partial charge in [-0.3, -0.25) is 4.68 Å². The molecule has 0 bridgehead atoms. The fraction of sp³-hybridized carbons (Fsp3) is 0.286. The number of aryl methyl sites for hydroxylation is 1. The molecule has 0 amide bonds. The number of phenolic OH excluding ortho intramolecular Hbond substituents is 1. The smallest absolute Gasteiger partial charge is 0.193 e. The third kappa shape index (κ3) is 3.15. The van der Waals surface area contributed by atoms with Gasteiger partial charge in [0, 0.05) is 47.9 Å². The first kappa shape index (κ1) is 19.4. The largest absolute Gasteiger partial charge is 0.504 e. The van der Waals surface area contributed by atoms with Gasteiger partial charge >= 0.3 is 0 Å². The van der Waals surface area contributed by atoms with E-state index in [9.17, 15) is 9.50 Å². The van der Waals surface area contributed by atoms with Crippen LogP contribution in [0.4, 0.5) is 10.1 Å². The van der Waals surface area contributed by atoms with Crippen LogP contribution in [0.1, 0.15) is 6.42 Å². The summed E-state index contributed by atoms with van der Waals surface area (Å²) >= 11 is 8.45. The first-order valence-electron chi connectivity index (χ1n) is 9.54. The van der Waals surface area contributed by atoms with Crippen LogP contribution >= 0.6 is 23.4 Å². The lowest BCUT2D eigenvalue weighted by molar-refractivity contribution is 0.437. The molecule has 1 N–H and O–H groups in total. The number of aromatic nitrogens is 4. The lowest BCUT2D eigenvalue weighted by atomic mass is 10.1. The molecule has 9 heteroatoms. The standard InChI is InChI=1S/C21H19ClFN5OS/c1-27-9-11-5-15(20(29)18(23)19(11)26-27)17-7-16(22)14-6-12(8-24-21(14)25-17)28-4-3-13(10-28)30-2/h5-9,13,29H,3-4,10H2,1-2H3. The highest BCUT2D eigenvalue weighted by atomic mass is 35.5. The summed E-state index contributed by atoms with van der Waals surface area (Å²) in [6, 6.07) is 5.29. The lowest BCUT2D eigenvalue weighted by Crippen LogP contribution is -2.20. The number of thioether (sulfide) groups is 1. The second kappa shape index (κ2) is 7.28. The molecule has 1 aliphatic heterocycles. The maximum absolute atomic E-state index is 14.6. The maximum atomic E-state index is 14.6. The van der Waals surface area contributed by atoms with Crippen LogP contribution in [0, 0.1) is 5.82 Å². The Hall–Kier alpha value is -2.58. The van der Waals surface area contributed by atoms with E-state index in [1.807, 2.05) is 17.8 Å². The van der Waals surface area contributed by atoms with Crippen LogP contribution in [-0.2, 0) is 7.05 Å². The molecule has 1 aliphatic rings. The van der Waals surface area contributed by atoms with E-state index in [1.54, 1.807) is 31.6 Å². The van der Waals surface area contributed by atoms with Crippen molar-refractivity contribution in [3.8, 4) is 17.0 Å². The first-order valence-corrected chi connectivity index (χ1v) is 11.2. The van der Waals surface area contributed by atoms with Crippen LogP contribution in [0.25, 0.3) is 33.2 Å². The van der Waals surface area contributed by atoms with Gasteiger partial charge in [0.25, 0.3) is 0 Å². The van der Waals surface area contributed by atoms with Crippen LogP contribution in [0.5, 0.6) is 5.75 Å². The third-order valence-corrected chi connectivity index (χ3v) is 6.91. The molecule has 0 radical (unpaired) electrons. The number of rotatable bonds is 3. The second-order valence-electron chi connectivity index (χ2n) is 7.47. The van der Waals surface area contributed by atoms with Crippen molar-refractivity contribution in [2.45, 2.75) is 11.7 Å². The highest BCUT2D eigenvalue weighted by Crippen LogP contribution is 2.38. The summed E-state index contributed by atoms with van der Waals surface area (Å²) in [6.45, 7) is 1.97. The van der Waals surface area contributed by atoms with E-state index in [2.05, 4.69) is 26.2 Å². The van der Waals surface area contributed by atoms with Gasteiger partial charge in [0.1, 0.15) is 5.52 Å². The van der Waals surface area contributed by atoms with Crippen molar-refractivity contribution < 1.29 is 9.50 Å². The van der Waals surface area contributed by atoms with Crippen molar-refractivity contribution in [1.29, 1.82) is 0 Å². The molecular weight excluding hydrogens is 425 g/mol. The van der Waals surface area contributed by atoms with Gasteiger partial charge in [-0.2, -0.15) is 16.9 Å². The number of hydrogen-bond donors (Lipinski definition) is 1. The minimum atomic E-state index is -0.776. The van der Waals surface area contributed by atoms with Crippen molar-refractivity contribution in [3.63, 3.8) is 0 Å². The fourth-order valence-electron chi connectivity index (χ4n) is 3.95. The summed E-state index contributed by atoms with van der Waals surface area (Å²) in [6.07, 6.45) is 6.76. The summed E-state index contributed by atoms with van der Waals surface area (Å²) < 4.78 is 16.2. The van der Waals surface area contributed by atoms with Crippen LogP contribution in [-0.4, -0.2) is 49.5 Å². The molecule has 3 aromatic heterocycles. The Balaban J connectivity index is 1.59. The number of fused-ring (bicyclic) bond motifs is 2. The van der Waals surface area contributed by atoms with Crippen LogP contribution in [0.3, 0.4) is 0 Å². The van der Waals surface area contributed by atoms with E-state index in [-0.39, 0.29) is 11.1 Å². The normalized spacial score (nSPS) is 16.8. The van der Waals surface area contributed by atoms with E-state index >= 15 is 0 Å². The van der Waals surface area contributed by atoms with Crippen molar-refractivity contribution in [2.75, 3.05) is 24.2 Å². The van der Waals surface area contributed by atoms with Crippen molar-refractivity contribution in [3.05, 3.63) is 41.4 Å². The summed E-state index contributed by atoms with van der Waals surface area (Å²) in [4.78, 5) is 11.4. The Morgan fingerprint density at radius 2 is 2.13 bits per heavy atom. The maximum Gasteiger partial charge on any atom is 0.193 e. The molecule has 1 saturated heterocycles. The Kier molecular flexibility index (Phi) is 4.71. The number of nitrogens with zero attached hydrogens (tertiary/aromatic N) is 5. The quantitative estimate of drug-likeness (QED) is 0.498. The summed E-state index contributed by atoms with van der Waals surface area (Å²) in [7, 11) is 1.70. The van der Waals surface area contributed by atoms with E-state index in [0.717, 1.165) is 30.6 Å². The first-order chi connectivity index (χ1) is 14.4. The molecule has 4 aromatic rings. The molecule has 0 spiro atoms. The molecule has 30 heavy (non-hydrogen) atoms. The predicted octanol–water partition coefficient (Wildman–Crippen LogP) is 4.62. The second-order valence-corrected chi connectivity index (χ2v) is 9.02. The number of pyridine rings is 2. The molecule has 5 rings (SSSR count). The van der Waals surface area contributed by atoms with Gasteiger partial charge in [-0.1, -0.05) is 11.6 Å². The average molecular weight is 444 g/mol. The van der Waals surface area contributed by atoms with Gasteiger partial charge in [0.05, 0.1) is 22.6 Å². The number of halogens is 2. The minimum Gasteiger partial charge on any atom is -0.504 e. The fourth-order valence-corrected chi connectivity index (χ4v) is 4.87. The third-order valence-electron chi connectivity index (χ3n) is 5.55. The van der Waals surface area contributed by atoms with E-state index < -0.39 is 11.6 Å². The van der Waals surface area contributed by atoms with Gasteiger partial charge in [-0.15, -0.1) is 0 Å². The SMILES string of the molecule is CSC1CCN(c2cnc3nc(-c4cc5cn(C)nc5c(F)c4O)cc(Cl)c3c2)C1. The zero-order chi connectivity index (χ0) is 21.0. The zero-order valence-electron chi connectivity index (χ0n) is 16.4. The zero-order valence-corrected chi connectivity index (χ0v) is 18.0. The van der Waals surface area contributed by atoms with E-state index in [4.69, 9.17) is 11.6 Å². The molecule has 1 fully saturated rings. The molecule has 6 nitrogen and oxygen atoms in total. The molecule has 1 unspecified atom stereocenters. The van der Waals surface area contributed by atoms with Crippen molar-refractivity contribution >= 4 is 51.0 Å². The number of phenols is 1. The summed E-state index contributed by atoms with van der Waals surface area (Å²) in [5, 5.41) is 16.8. The Labute approximate surface area is 181 Å². The van der Waals surface area contributed by atoms with Crippen molar-refractivity contribution in [2.24, 2.45) is 7.05 Å². The van der Waals surface area contributed by atoms with E-state index in [0.29, 0.717) is 27.0 Å². The highest BCUT2D eigenvalue weighted by Gasteiger charge is 2.23. The van der Waals surface area contributed by atoms with E-state index in [1.165, 1.54) is 4.68 Å².